The van der Waals surface area contributed by atoms with E-state index in [-0.39, 0.29) is 0 Å². The molecule has 3 rings (SSSR count). The Morgan fingerprint density at radius 1 is 1.00 bits per heavy atom. The fraction of sp³-hybridized carbons (Fsp3) is 0. The van der Waals surface area contributed by atoms with E-state index in [2.05, 4.69) is 27.6 Å². The first-order valence-corrected chi connectivity index (χ1v) is 7.06. The van der Waals surface area contributed by atoms with E-state index in [4.69, 9.17) is 23.2 Å². The van der Waals surface area contributed by atoms with E-state index in [0.29, 0.717) is 10.0 Å². The molecule has 0 aliphatic rings. The Hall–Kier alpha value is -0.780. The molecule has 0 saturated heterocycles. The number of fused-ring (bicyclic) bond motifs is 1. The van der Waals surface area contributed by atoms with Crippen LogP contribution in [0.3, 0.4) is 0 Å². The highest BCUT2D eigenvalue weighted by molar-refractivity contribution is 14.1. The summed E-state index contributed by atoms with van der Waals surface area (Å²) in [5, 5.41) is 1.10. The number of hydrogen-bond acceptors (Lipinski definition) is 1. The van der Waals surface area contributed by atoms with Gasteiger partial charge in [0, 0.05) is 21.5 Å². The molecule has 18 heavy (non-hydrogen) atoms. The van der Waals surface area contributed by atoms with Gasteiger partial charge in [0.15, 0.2) is 0 Å². The molecule has 3 aromatic rings. The van der Waals surface area contributed by atoms with Crippen molar-refractivity contribution in [2.45, 2.75) is 0 Å². The highest BCUT2D eigenvalue weighted by Crippen LogP contribution is 2.28. The van der Waals surface area contributed by atoms with Crippen LogP contribution < -0.4 is 0 Å². The van der Waals surface area contributed by atoms with Crippen LogP contribution in [0, 0.1) is 3.57 Å². The minimum absolute atomic E-state index is 0.542. The highest BCUT2D eigenvalue weighted by Gasteiger charge is 2.06. The first-order chi connectivity index (χ1) is 8.63. The lowest BCUT2D eigenvalue weighted by atomic mass is 10.2. The highest BCUT2D eigenvalue weighted by atomic mass is 127. The molecular weight excluding hydrogens is 382 g/mol. The van der Waals surface area contributed by atoms with Gasteiger partial charge >= 0.3 is 0 Å². The van der Waals surface area contributed by atoms with Gasteiger partial charge in [0.25, 0.3) is 0 Å². The first-order valence-electron chi connectivity index (χ1n) is 5.23. The number of aromatic nitrogens is 2. The molecule has 2 heterocycles. The van der Waals surface area contributed by atoms with Crippen LogP contribution in [0.25, 0.3) is 16.9 Å². The average Bonchev–Trinajstić information content (AvgIpc) is 2.75. The van der Waals surface area contributed by atoms with Gasteiger partial charge in [-0.25, -0.2) is 4.98 Å². The largest absolute Gasteiger partial charge is 0.305 e. The van der Waals surface area contributed by atoms with Gasteiger partial charge in [0.2, 0.25) is 0 Å². The quantitative estimate of drug-likeness (QED) is 0.541. The number of halogens is 3. The fourth-order valence-electron chi connectivity index (χ4n) is 1.76. The standard InChI is InChI=1S/C13H7Cl2IN2/c14-10-3-1-8(5-11(10)15)12-7-18-6-9(16)2-4-13(18)17-12/h1-7H. The summed E-state index contributed by atoms with van der Waals surface area (Å²) in [6.45, 7) is 0. The van der Waals surface area contributed by atoms with Gasteiger partial charge in [-0.3, -0.25) is 0 Å². The normalized spacial score (nSPS) is 11.1. The Labute approximate surface area is 128 Å². The maximum atomic E-state index is 6.02. The average molecular weight is 389 g/mol. The Bertz CT molecular complexity index is 737. The molecule has 5 heteroatoms. The summed E-state index contributed by atoms with van der Waals surface area (Å²) in [5.74, 6) is 0. The van der Waals surface area contributed by atoms with Crippen molar-refractivity contribution in [1.29, 1.82) is 0 Å². The third-order valence-electron chi connectivity index (χ3n) is 2.63. The molecule has 0 fully saturated rings. The Morgan fingerprint density at radius 3 is 2.61 bits per heavy atom. The van der Waals surface area contributed by atoms with E-state index in [1.807, 2.05) is 41.1 Å². The predicted octanol–water partition coefficient (Wildman–Crippen LogP) is 4.91. The van der Waals surface area contributed by atoms with Crippen LogP contribution in [0.15, 0.2) is 42.7 Å². The van der Waals surface area contributed by atoms with E-state index >= 15 is 0 Å². The van der Waals surface area contributed by atoms with Crippen molar-refractivity contribution < 1.29 is 0 Å². The lowest BCUT2D eigenvalue weighted by Crippen LogP contribution is -1.82. The van der Waals surface area contributed by atoms with E-state index in [1.165, 1.54) is 0 Å². The molecule has 0 aliphatic carbocycles. The second kappa shape index (κ2) is 4.72. The molecule has 0 N–H and O–H groups in total. The number of benzene rings is 1. The van der Waals surface area contributed by atoms with Gasteiger partial charge in [-0.1, -0.05) is 29.3 Å². The molecule has 0 amide bonds. The first kappa shape index (κ1) is 12.3. The zero-order chi connectivity index (χ0) is 12.7. The lowest BCUT2D eigenvalue weighted by Gasteiger charge is -1.98. The zero-order valence-electron chi connectivity index (χ0n) is 9.07. The van der Waals surface area contributed by atoms with Crippen molar-refractivity contribution in [2.75, 3.05) is 0 Å². The number of hydrogen-bond donors (Lipinski definition) is 0. The minimum Gasteiger partial charge on any atom is -0.305 e. The molecule has 2 aromatic heterocycles. The second-order valence-electron chi connectivity index (χ2n) is 3.87. The Kier molecular flexibility index (Phi) is 3.21. The Balaban J connectivity index is 2.16. The fourth-order valence-corrected chi connectivity index (χ4v) is 2.54. The molecule has 0 bridgehead atoms. The summed E-state index contributed by atoms with van der Waals surface area (Å²) < 4.78 is 3.16. The predicted molar refractivity (Wildman–Crippen MR) is 83.4 cm³/mol. The monoisotopic (exact) mass is 388 g/mol. The summed E-state index contributed by atoms with van der Waals surface area (Å²) in [4.78, 5) is 4.55. The number of rotatable bonds is 1. The van der Waals surface area contributed by atoms with E-state index in [1.54, 1.807) is 6.07 Å². The van der Waals surface area contributed by atoms with Gasteiger partial charge < -0.3 is 4.40 Å². The summed E-state index contributed by atoms with van der Waals surface area (Å²) in [6, 6.07) is 9.55. The number of pyridine rings is 1. The second-order valence-corrected chi connectivity index (χ2v) is 5.93. The van der Waals surface area contributed by atoms with Crippen LogP contribution in [0.4, 0.5) is 0 Å². The molecular formula is C13H7Cl2IN2. The van der Waals surface area contributed by atoms with Crippen molar-refractivity contribution in [2.24, 2.45) is 0 Å². The van der Waals surface area contributed by atoms with Gasteiger partial charge in [0.1, 0.15) is 5.65 Å². The molecule has 0 spiro atoms. The topological polar surface area (TPSA) is 17.3 Å². The smallest absolute Gasteiger partial charge is 0.137 e. The van der Waals surface area contributed by atoms with Crippen molar-refractivity contribution in [1.82, 2.24) is 9.38 Å². The van der Waals surface area contributed by atoms with Crippen LogP contribution in [0.2, 0.25) is 10.0 Å². The van der Waals surface area contributed by atoms with Crippen LogP contribution in [0.1, 0.15) is 0 Å². The van der Waals surface area contributed by atoms with Crippen molar-refractivity contribution in [3.05, 3.63) is 56.3 Å². The molecule has 0 aliphatic heterocycles. The summed E-state index contributed by atoms with van der Waals surface area (Å²) in [6.07, 6.45) is 4.01. The molecule has 0 radical (unpaired) electrons. The van der Waals surface area contributed by atoms with E-state index in [9.17, 15) is 0 Å². The maximum absolute atomic E-state index is 6.02. The zero-order valence-corrected chi connectivity index (χ0v) is 12.7. The van der Waals surface area contributed by atoms with Gasteiger partial charge in [-0.15, -0.1) is 0 Å². The van der Waals surface area contributed by atoms with Gasteiger partial charge in [-0.2, -0.15) is 0 Å². The number of imidazole rings is 1. The van der Waals surface area contributed by atoms with Crippen LogP contribution in [-0.2, 0) is 0 Å². The molecule has 1 aromatic carbocycles. The minimum atomic E-state index is 0.542. The number of nitrogens with zero attached hydrogens (tertiary/aromatic N) is 2. The molecule has 0 atom stereocenters. The Morgan fingerprint density at radius 2 is 1.83 bits per heavy atom. The van der Waals surface area contributed by atoms with Crippen LogP contribution in [0.5, 0.6) is 0 Å². The van der Waals surface area contributed by atoms with Crippen molar-refractivity contribution >= 4 is 51.4 Å². The van der Waals surface area contributed by atoms with Crippen LogP contribution in [-0.4, -0.2) is 9.38 Å². The third-order valence-corrected chi connectivity index (χ3v) is 4.01. The third kappa shape index (κ3) is 2.22. The van der Waals surface area contributed by atoms with E-state index < -0.39 is 0 Å². The molecule has 0 unspecified atom stereocenters. The summed E-state index contributed by atoms with van der Waals surface area (Å²) in [5.41, 5.74) is 2.76. The summed E-state index contributed by atoms with van der Waals surface area (Å²) >= 11 is 14.2. The van der Waals surface area contributed by atoms with Gasteiger partial charge in [0.05, 0.1) is 15.7 Å². The SMILES string of the molecule is Clc1ccc(-c2cn3cc(I)ccc3n2)cc1Cl. The molecule has 90 valence electrons. The van der Waals surface area contributed by atoms with Crippen molar-refractivity contribution in [3.8, 4) is 11.3 Å². The van der Waals surface area contributed by atoms with Gasteiger partial charge in [-0.05, 0) is 46.9 Å². The van der Waals surface area contributed by atoms with E-state index in [0.717, 1.165) is 20.5 Å². The molecule has 2 nitrogen and oxygen atoms in total. The van der Waals surface area contributed by atoms with Crippen LogP contribution >= 0.6 is 45.8 Å². The summed E-state index contributed by atoms with van der Waals surface area (Å²) in [7, 11) is 0. The molecule has 0 saturated carbocycles. The maximum Gasteiger partial charge on any atom is 0.137 e. The van der Waals surface area contributed by atoms with Crippen molar-refractivity contribution in [3.63, 3.8) is 0 Å². The lowest BCUT2D eigenvalue weighted by molar-refractivity contribution is 1.17.